The second-order valence-corrected chi connectivity index (χ2v) is 7.68. The minimum Gasteiger partial charge on any atom is -0.343 e. The molecule has 2 rings (SSSR count). The van der Waals surface area contributed by atoms with Gasteiger partial charge in [-0.2, -0.15) is 0 Å². The zero-order valence-corrected chi connectivity index (χ0v) is 15.3. The molecular formula is C18H33N3O2. The molecule has 0 aromatic carbocycles. The van der Waals surface area contributed by atoms with Gasteiger partial charge in [0.25, 0.3) is 0 Å². The van der Waals surface area contributed by atoms with Crippen LogP contribution in [0.2, 0.25) is 0 Å². The van der Waals surface area contributed by atoms with Gasteiger partial charge in [0.05, 0.1) is 6.04 Å². The van der Waals surface area contributed by atoms with E-state index in [4.69, 9.17) is 0 Å². The Kier molecular flexibility index (Phi) is 6.06. The van der Waals surface area contributed by atoms with Crippen molar-refractivity contribution in [1.82, 2.24) is 15.5 Å². The van der Waals surface area contributed by atoms with Gasteiger partial charge >= 0.3 is 0 Å². The van der Waals surface area contributed by atoms with E-state index in [9.17, 15) is 9.59 Å². The Hall–Kier alpha value is -1.10. The van der Waals surface area contributed by atoms with E-state index >= 15 is 0 Å². The summed E-state index contributed by atoms with van der Waals surface area (Å²) in [6, 6.07) is -0.0505. The summed E-state index contributed by atoms with van der Waals surface area (Å²) in [5.74, 6) is 0.748. The highest BCUT2D eigenvalue weighted by atomic mass is 16.2. The van der Waals surface area contributed by atoms with Crippen molar-refractivity contribution in [2.75, 3.05) is 7.05 Å². The third-order valence-corrected chi connectivity index (χ3v) is 5.66. The van der Waals surface area contributed by atoms with Crippen LogP contribution in [-0.2, 0) is 9.59 Å². The van der Waals surface area contributed by atoms with E-state index in [-0.39, 0.29) is 29.8 Å². The van der Waals surface area contributed by atoms with Crippen LogP contribution >= 0.6 is 0 Å². The summed E-state index contributed by atoms with van der Waals surface area (Å²) in [5, 5.41) is 5.90. The van der Waals surface area contributed by atoms with Crippen LogP contribution in [0.15, 0.2) is 0 Å². The average Bonchev–Trinajstić information content (AvgIpc) is 2.86. The van der Waals surface area contributed by atoms with Gasteiger partial charge < -0.3 is 15.5 Å². The number of rotatable bonds is 5. The highest BCUT2D eigenvalue weighted by Crippen LogP contribution is 2.40. The molecule has 0 bridgehead atoms. The van der Waals surface area contributed by atoms with Crippen molar-refractivity contribution in [3.8, 4) is 0 Å². The van der Waals surface area contributed by atoms with Crippen LogP contribution in [0.3, 0.4) is 0 Å². The molecule has 0 aromatic rings. The van der Waals surface area contributed by atoms with Crippen molar-refractivity contribution < 1.29 is 9.59 Å². The number of carbonyl (C=O) groups excluding carboxylic acids is 2. The zero-order valence-electron chi connectivity index (χ0n) is 15.3. The van der Waals surface area contributed by atoms with Gasteiger partial charge in [-0.05, 0) is 52.0 Å². The van der Waals surface area contributed by atoms with Gasteiger partial charge in [-0.3, -0.25) is 9.59 Å². The summed E-state index contributed by atoms with van der Waals surface area (Å²) in [7, 11) is 1.76. The van der Waals surface area contributed by atoms with Crippen molar-refractivity contribution in [2.24, 2.45) is 11.8 Å². The number of likely N-dealkylation sites (tertiary alicyclic amines) is 1. The highest BCUT2D eigenvalue weighted by molar-refractivity contribution is 5.90. The van der Waals surface area contributed by atoms with Crippen LogP contribution < -0.4 is 10.6 Å². The molecule has 132 valence electrons. The average molecular weight is 323 g/mol. The van der Waals surface area contributed by atoms with E-state index in [1.54, 1.807) is 7.05 Å². The van der Waals surface area contributed by atoms with Gasteiger partial charge in [0.1, 0.15) is 6.04 Å². The lowest BCUT2D eigenvalue weighted by atomic mass is 9.84. The largest absolute Gasteiger partial charge is 0.343 e. The summed E-state index contributed by atoms with van der Waals surface area (Å²) in [6.45, 7) is 7.98. The van der Waals surface area contributed by atoms with Crippen LogP contribution in [0, 0.1) is 11.8 Å². The molecule has 1 saturated heterocycles. The SMILES string of the molecule is CN[C@@H](C)C(=O)NC(C(=O)N1C(C)CC2CCCCC21)C(C)C. The lowest BCUT2D eigenvalue weighted by Gasteiger charge is -2.37. The summed E-state index contributed by atoms with van der Waals surface area (Å²) in [4.78, 5) is 27.5. The molecule has 0 radical (unpaired) electrons. The number of nitrogens with zero attached hydrogens (tertiary/aromatic N) is 1. The van der Waals surface area contributed by atoms with Crippen molar-refractivity contribution in [3.05, 3.63) is 0 Å². The fourth-order valence-corrected chi connectivity index (χ4v) is 4.17. The molecule has 0 spiro atoms. The van der Waals surface area contributed by atoms with Crippen LogP contribution in [-0.4, -0.2) is 47.9 Å². The van der Waals surface area contributed by atoms with Crippen molar-refractivity contribution >= 4 is 11.8 Å². The number of hydrogen-bond acceptors (Lipinski definition) is 3. The zero-order chi connectivity index (χ0) is 17.1. The van der Waals surface area contributed by atoms with Gasteiger partial charge in [-0.25, -0.2) is 0 Å². The maximum Gasteiger partial charge on any atom is 0.245 e. The van der Waals surface area contributed by atoms with Gasteiger partial charge in [0, 0.05) is 12.1 Å². The molecule has 2 fully saturated rings. The number of amides is 2. The molecule has 2 N–H and O–H groups in total. The normalized spacial score (nSPS) is 30.0. The molecule has 0 aromatic heterocycles. The lowest BCUT2D eigenvalue weighted by Crippen LogP contribution is -2.57. The maximum atomic E-state index is 13.2. The third kappa shape index (κ3) is 3.87. The number of carbonyl (C=O) groups is 2. The molecule has 4 unspecified atom stereocenters. The smallest absolute Gasteiger partial charge is 0.245 e. The van der Waals surface area contributed by atoms with E-state index in [1.165, 1.54) is 19.3 Å². The number of fused-ring (bicyclic) bond motifs is 1. The molecule has 5 heteroatoms. The second-order valence-electron chi connectivity index (χ2n) is 7.68. The molecule has 23 heavy (non-hydrogen) atoms. The Morgan fingerprint density at radius 2 is 1.78 bits per heavy atom. The first-order valence-electron chi connectivity index (χ1n) is 9.16. The molecule has 5 atom stereocenters. The number of nitrogens with one attached hydrogen (secondary N) is 2. The summed E-state index contributed by atoms with van der Waals surface area (Å²) in [5.41, 5.74) is 0. The minimum atomic E-state index is -0.429. The van der Waals surface area contributed by atoms with Crippen LogP contribution in [0.5, 0.6) is 0 Å². The first-order valence-corrected chi connectivity index (χ1v) is 9.16. The predicted molar refractivity (Wildman–Crippen MR) is 92.0 cm³/mol. The van der Waals surface area contributed by atoms with E-state index < -0.39 is 6.04 Å². The van der Waals surface area contributed by atoms with E-state index in [0.717, 1.165) is 12.8 Å². The molecule has 5 nitrogen and oxygen atoms in total. The van der Waals surface area contributed by atoms with Gasteiger partial charge in [-0.15, -0.1) is 0 Å². The van der Waals surface area contributed by atoms with Crippen molar-refractivity contribution in [1.29, 1.82) is 0 Å². The second kappa shape index (κ2) is 7.65. The third-order valence-electron chi connectivity index (χ3n) is 5.66. The van der Waals surface area contributed by atoms with Gasteiger partial charge in [-0.1, -0.05) is 26.7 Å². The number of likely N-dealkylation sites (N-methyl/N-ethyl adjacent to an activating group) is 1. The molecular weight excluding hydrogens is 290 g/mol. The minimum absolute atomic E-state index is 0.0883. The molecule has 2 aliphatic rings. The molecule has 2 amide bonds. The van der Waals surface area contributed by atoms with E-state index in [0.29, 0.717) is 12.0 Å². The van der Waals surface area contributed by atoms with Crippen molar-refractivity contribution in [2.45, 2.75) is 84.0 Å². The molecule has 1 aliphatic carbocycles. The fourth-order valence-electron chi connectivity index (χ4n) is 4.17. The topological polar surface area (TPSA) is 61.4 Å². The highest BCUT2D eigenvalue weighted by Gasteiger charge is 2.44. The predicted octanol–water partition coefficient (Wildman–Crippen LogP) is 1.91. The fraction of sp³-hybridized carbons (Fsp3) is 0.889. The standard InChI is InChI=1S/C18H33N3O2/c1-11(2)16(20-17(22)13(4)19-5)18(23)21-12(3)10-14-8-6-7-9-15(14)21/h11-16,19H,6-10H2,1-5H3,(H,20,22)/t12?,13-,14?,15?,16?/m0/s1. The van der Waals surface area contributed by atoms with Crippen LogP contribution in [0.25, 0.3) is 0 Å². The summed E-state index contributed by atoms with van der Waals surface area (Å²) >= 11 is 0. The Morgan fingerprint density at radius 1 is 1.13 bits per heavy atom. The van der Waals surface area contributed by atoms with E-state index in [1.807, 2.05) is 20.8 Å². The Balaban J connectivity index is 2.12. The van der Waals surface area contributed by atoms with E-state index in [2.05, 4.69) is 22.5 Å². The van der Waals surface area contributed by atoms with Gasteiger partial charge in [0.15, 0.2) is 0 Å². The molecule has 1 saturated carbocycles. The summed E-state index contributed by atoms with van der Waals surface area (Å²) < 4.78 is 0. The maximum absolute atomic E-state index is 13.2. The Labute approximate surface area is 140 Å². The van der Waals surface area contributed by atoms with Crippen LogP contribution in [0.1, 0.15) is 59.8 Å². The monoisotopic (exact) mass is 323 g/mol. The molecule has 1 aliphatic heterocycles. The Morgan fingerprint density at radius 3 is 2.39 bits per heavy atom. The first-order chi connectivity index (χ1) is 10.9. The Bertz CT molecular complexity index is 438. The number of hydrogen-bond donors (Lipinski definition) is 2. The first kappa shape index (κ1) is 18.2. The molecule has 1 heterocycles. The van der Waals surface area contributed by atoms with Gasteiger partial charge in [0.2, 0.25) is 11.8 Å². The van der Waals surface area contributed by atoms with Crippen LogP contribution in [0.4, 0.5) is 0 Å². The quantitative estimate of drug-likeness (QED) is 0.812. The van der Waals surface area contributed by atoms with Crippen molar-refractivity contribution in [3.63, 3.8) is 0 Å². The summed E-state index contributed by atoms with van der Waals surface area (Å²) in [6.07, 6.45) is 5.98. The lowest BCUT2D eigenvalue weighted by molar-refractivity contribution is -0.141.